The molecule has 0 saturated carbocycles. The molecular weight excluding hydrogens is 472 g/mol. The first-order chi connectivity index (χ1) is 8.35. The third-order valence-corrected chi connectivity index (χ3v) is 5.33. The van der Waals surface area contributed by atoms with E-state index in [-0.39, 0.29) is 22.4 Å². The van der Waals surface area contributed by atoms with Gasteiger partial charge in [0.05, 0.1) is 0 Å². The predicted molar refractivity (Wildman–Crippen MR) is 66.2 cm³/mol. The molecule has 0 rings (SSSR count). The fraction of sp³-hybridized carbons (Fsp3) is 1.00. The molecule has 0 aromatic rings. The third-order valence-electron chi connectivity index (χ3n) is 2.48. The van der Waals surface area contributed by atoms with Crippen LogP contribution in [0.3, 0.4) is 0 Å². The first-order valence-corrected chi connectivity index (χ1v) is 9.82. The zero-order valence-electron chi connectivity index (χ0n) is 12.1. The molecule has 7 heteroatoms. The molecule has 122 valence electrons. The molecule has 0 aromatic carbocycles. The number of halogens is 1. The molecule has 0 aliphatic rings. The summed E-state index contributed by atoms with van der Waals surface area (Å²) in [7, 11) is -4.52. The molecule has 0 radical (unpaired) electrons. The van der Waals surface area contributed by atoms with Crippen LogP contribution in [0.15, 0.2) is 0 Å². The smallest absolute Gasteiger partial charge is 0.222 e. The van der Waals surface area contributed by atoms with E-state index in [0.717, 1.165) is 0 Å². The molecule has 0 bridgehead atoms. The van der Waals surface area contributed by atoms with Crippen LogP contribution in [-0.2, 0) is 22.4 Å². The summed E-state index contributed by atoms with van der Waals surface area (Å²) in [5.41, 5.74) is 0. The fourth-order valence-corrected chi connectivity index (χ4v) is 4.44. The first kappa shape index (κ1) is 25.3. The quantitative estimate of drug-likeness (QED) is 0.333. The second-order valence-corrected chi connectivity index (χ2v) is 7.72. The molecule has 0 heterocycles. The monoisotopic (exact) mass is 498 g/mol. The molecule has 0 aliphatic heterocycles. The van der Waals surface area contributed by atoms with Gasteiger partial charge in [-0.2, -0.15) is 0 Å². The van der Waals surface area contributed by atoms with Crippen LogP contribution in [-0.4, -0.2) is 18.5 Å². The van der Waals surface area contributed by atoms with E-state index in [4.69, 9.17) is 18.6 Å². The van der Waals surface area contributed by atoms with Crippen molar-refractivity contribution >= 4 is 7.92 Å². The summed E-state index contributed by atoms with van der Waals surface area (Å²) < 4.78 is 34.0. The average Bonchev–Trinajstić information content (AvgIpc) is 2.26. The van der Waals surface area contributed by atoms with Crippen LogP contribution in [0, 0.1) is 10.2 Å². The summed E-state index contributed by atoms with van der Waals surface area (Å²) in [4.78, 5) is 0. The van der Waals surface area contributed by atoms with E-state index in [1.54, 1.807) is 18.5 Å². The Morgan fingerprint density at radius 2 is 0.895 bits per heavy atom. The third kappa shape index (κ3) is 32.7. The van der Waals surface area contributed by atoms with Gasteiger partial charge in [-0.05, 0) is 37.7 Å². The number of hydrogen-bond donors (Lipinski definition) is 0. The van der Waals surface area contributed by atoms with Gasteiger partial charge in [0, 0.05) is 0 Å². The summed E-state index contributed by atoms with van der Waals surface area (Å²) in [6.07, 6.45) is 13.2. The molecule has 0 N–H and O–H groups in total. The Kier molecular flexibility index (Phi) is 23.1. The van der Waals surface area contributed by atoms with Gasteiger partial charge in [-0.3, -0.25) is 0 Å². The summed E-state index contributed by atoms with van der Waals surface area (Å²) in [6.45, 7) is 6.94. The van der Waals surface area contributed by atoms with Crippen LogP contribution in [0.4, 0.5) is 0 Å². The number of hydrogen-bond acceptors (Lipinski definition) is 4. The van der Waals surface area contributed by atoms with Crippen LogP contribution in [0.5, 0.6) is 0 Å². The summed E-state index contributed by atoms with van der Waals surface area (Å²) in [5, 5.41) is 0. The fourth-order valence-electron chi connectivity index (χ4n) is 1.48. The SMILES string of the molecule is CCCCP(CCCC)CCCC.[Au+].[O-][Cl+3]([O-])([O-])[O-]. The van der Waals surface area contributed by atoms with E-state index in [1.807, 2.05) is 0 Å². The Labute approximate surface area is 137 Å². The predicted octanol–water partition coefficient (Wildman–Crippen LogP) is 0.110. The van der Waals surface area contributed by atoms with Gasteiger partial charge in [-0.25, -0.2) is 18.6 Å². The van der Waals surface area contributed by atoms with Crippen molar-refractivity contribution in [2.45, 2.75) is 59.3 Å². The number of unbranched alkanes of at least 4 members (excludes halogenated alkanes) is 3. The van der Waals surface area contributed by atoms with Crippen molar-refractivity contribution in [2.75, 3.05) is 18.5 Å². The Morgan fingerprint density at radius 1 is 0.684 bits per heavy atom. The maximum Gasteiger partial charge on any atom is 1.00 e. The van der Waals surface area contributed by atoms with Crippen LogP contribution >= 0.6 is 7.92 Å². The van der Waals surface area contributed by atoms with Gasteiger partial charge in [0.15, 0.2) is 0 Å². The van der Waals surface area contributed by atoms with Crippen molar-refractivity contribution in [3.8, 4) is 0 Å². The average molecular weight is 499 g/mol. The zero-order chi connectivity index (χ0) is 14.4. The number of rotatable bonds is 9. The van der Waals surface area contributed by atoms with Gasteiger partial charge in [-0.1, -0.05) is 40.0 Å². The first-order valence-electron chi connectivity index (χ1n) is 6.69. The Balaban J connectivity index is -0.000000366. The van der Waals surface area contributed by atoms with E-state index in [9.17, 15) is 0 Å². The minimum Gasteiger partial charge on any atom is -0.222 e. The van der Waals surface area contributed by atoms with Crippen LogP contribution in [0.1, 0.15) is 59.3 Å². The van der Waals surface area contributed by atoms with E-state index in [1.165, 1.54) is 38.5 Å². The maximum atomic E-state index is 8.49. The topological polar surface area (TPSA) is 92.2 Å². The molecule has 0 saturated heterocycles. The molecule has 0 spiro atoms. The molecule has 0 aliphatic carbocycles. The molecule has 0 aromatic heterocycles. The second kappa shape index (κ2) is 17.4. The molecule has 0 fully saturated rings. The summed E-state index contributed by atoms with van der Waals surface area (Å²) >= 11 is 0. The Morgan fingerprint density at radius 3 is 1.05 bits per heavy atom. The standard InChI is InChI=1S/C12H27P.Au.ClHO4/c1-4-7-10-13(11-8-5-2)12-9-6-3;;2-1(3,4)5/h4-12H2,1-3H3;;(H,2,3,4,5)/q;+1;/p-1. The molecule has 0 atom stereocenters. The summed E-state index contributed by atoms with van der Waals surface area (Å²) in [5.74, 6) is 0. The molecule has 4 nitrogen and oxygen atoms in total. The van der Waals surface area contributed by atoms with Gasteiger partial charge in [0.25, 0.3) is 0 Å². The second-order valence-electron chi connectivity index (χ2n) is 4.28. The molecular formula is C12H27AuClO4P. The van der Waals surface area contributed by atoms with Crippen molar-refractivity contribution in [3.63, 3.8) is 0 Å². The van der Waals surface area contributed by atoms with Gasteiger partial charge >= 0.3 is 22.4 Å². The minimum atomic E-state index is -4.94. The van der Waals surface area contributed by atoms with Crippen molar-refractivity contribution in [1.82, 2.24) is 0 Å². The van der Waals surface area contributed by atoms with Crippen molar-refractivity contribution in [2.24, 2.45) is 0 Å². The van der Waals surface area contributed by atoms with Gasteiger partial charge in [-0.15, -0.1) is 18.2 Å². The largest absolute Gasteiger partial charge is 1.00 e. The normalized spacial score (nSPS) is 10.7. The van der Waals surface area contributed by atoms with Gasteiger partial charge in [0.2, 0.25) is 0 Å². The van der Waals surface area contributed by atoms with Crippen molar-refractivity contribution < 1.29 is 51.3 Å². The zero-order valence-corrected chi connectivity index (χ0v) is 15.9. The van der Waals surface area contributed by atoms with Crippen molar-refractivity contribution in [1.29, 1.82) is 0 Å². The molecule has 0 amide bonds. The summed E-state index contributed by atoms with van der Waals surface area (Å²) in [6, 6.07) is 0. The molecule has 0 unspecified atom stereocenters. The van der Waals surface area contributed by atoms with Crippen LogP contribution < -0.4 is 18.6 Å². The van der Waals surface area contributed by atoms with Gasteiger partial charge in [0.1, 0.15) is 0 Å². The Bertz CT molecular complexity index is 145. The van der Waals surface area contributed by atoms with Crippen LogP contribution in [0.2, 0.25) is 0 Å². The van der Waals surface area contributed by atoms with Crippen molar-refractivity contribution in [3.05, 3.63) is 0 Å². The Hall–Kier alpha value is 1.30. The van der Waals surface area contributed by atoms with Crippen LogP contribution in [0.25, 0.3) is 0 Å². The van der Waals surface area contributed by atoms with E-state index < -0.39 is 10.2 Å². The van der Waals surface area contributed by atoms with E-state index >= 15 is 0 Å². The maximum absolute atomic E-state index is 8.49. The van der Waals surface area contributed by atoms with Gasteiger partial charge < -0.3 is 0 Å². The van der Waals surface area contributed by atoms with E-state index in [0.29, 0.717) is 7.92 Å². The molecule has 19 heavy (non-hydrogen) atoms. The minimum absolute atomic E-state index is 0. The van der Waals surface area contributed by atoms with E-state index in [2.05, 4.69) is 20.8 Å².